The number of benzene rings is 1. The van der Waals surface area contributed by atoms with Crippen molar-refractivity contribution in [3.05, 3.63) is 29.3 Å². The summed E-state index contributed by atoms with van der Waals surface area (Å²) in [5.41, 5.74) is 1.09. The zero-order valence-corrected chi connectivity index (χ0v) is 16.1. The molecule has 2 aromatic rings. The molecular formula is C19H26N4O2S. The van der Waals surface area contributed by atoms with E-state index in [9.17, 15) is 4.79 Å². The molecule has 0 radical (unpaired) electrons. The second-order valence-electron chi connectivity index (χ2n) is 7.00. The van der Waals surface area contributed by atoms with E-state index in [-0.39, 0.29) is 5.91 Å². The highest BCUT2D eigenvalue weighted by Crippen LogP contribution is 2.29. The van der Waals surface area contributed by atoms with Gasteiger partial charge in [-0.1, -0.05) is 12.1 Å². The van der Waals surface area contributed by atoms with E-state index in [0.29, 0.717) is 25.8 Å². The fraction of sp³-hybridized carbons (Fsp3) is 0.579. The van der Waals surface area contributed by atoms with Gasteiger partial charge in [0.1, 0.15) is 5.01 Å². The number of rotatable bonds is 4. The van der Waals surface area contributed by atoms with Gasteiger partial charge in [0.05, 0.1) is 36.0 Å². The summed E-state index contributed by atoms with van der Waals surface area (Å²) < 4.78 is 6.58. The van der Waals surface area contributed by atoms with Gasteiger partial charge in [-0.2, -0.15) is 0 Å². The number of fused-ring (bicyclic) bond motifs is 1. The van der Waals surface area contributed by atoms with Gasteiger partial charge < -0.3 is 9.64 Å². The normalized spacial score (nSPS) is 21.2. The fourth-order valence-corrected chi connectivity index (χ4v) is 4.69. The summed E-state index contributed by atoms with van der Waals surface area (Å²) in [5, 5.41) is 1.18. The number of carbonyl (C=O) groups excluding carboxylic acids is 1. The van der Waals surface area contributed by atoms with Gasteiger partial charge in [0.15, 0.2) is 0 Å². The number of piperazine rings is 1. The van der Waals surface area contributed by atoms with Crippen molar-refractivity contribution in [2.75, 3.05) is 59.0 Å². The maximum Gasteiger partial charge on any atom is 0.236 e. The van der Waals surface area contributed by atoms with Crippen molar-refractivity contribution >= 4 is 27.5 Å². The van der Waals surface area contributed by atoms with E-state index >= 15 is 0 Å². The van der Waals surface area contributed by atoms with Crippen LogP contribution in [0, 0.1) is 0 Å². The van der Waals surface area contributed by atoms with Gasteiger partial charge in [-0.05, 0) is 19.1 Å². The van der Waals surface area contributed by atoms with Crippen molar-refractivity contribution in [2.45, 2.75) is 13.0 Å². The van der Waals surface area contributed by atoms with E-state index < -0.39 is 0 Å². The Kier molecular flexibility index (Phi) is 5.49. The minimum atomic E-state index is 0.237. The maximum absolute atomic E-state index is 12.4. The van der Waals surface area contributed by atoms with Gasteiger partial charge in [0.2, 0.25) is 5.91 Å². The molecule has 2 saturated heterocycles. The Labute approximate surface area is 158 Å². The molecule has 0 N–H and O–H groups in total. The molecule has 1 aromatic carbocycles. The van der Waals surface area contributed by atoms with E-state index in [1.54, 1.807) is 11.3 Å². The van der Waals surface area contributed by atoms with E-state index in [2.05, 4.69) is 34.9 Å². The Balaban J connectivity index is 1.30. The van der Waals surface area contributed by atoms with Crippen LogP contribution in [-0.2, 0) is 9.53 Å². The Morgan fingerprint density at radius 2 is 1.88 bits per heavy atom. The molecule has 6 nitrogen and oxygen atoms in total. The Hall–Kier alpha value is -1.54. The van der Waals surface area contributed by atoms with Gasteiger partial charge >= 0.3 is 0 Å². The number of aromatic nitrogens is 1. The van der Waals surface area contributed by atoms with Crippen molar-refractivity contribution in [3.8, 4) is 0 Å². The van der Waals surface area contributed by atoms with Crippen LogP contribution in [-0.4, -0.2) is 84.6 Å². The molecule has 4 rings (SSSR count). The molecule has 2 aliphatic heterocycles. The molecule has 26 heavy (non-hydrogen) atoms. The summed E-state index contributed by atoms with van der Waals surface area (Å²) in [4.78, 5) is 23.9. The van der Waals surface area contributed by atoms with Crippen LogP contribution in [0.5, 0.6) is 0 Å². The lowest BCUT2D eigenvalue weighted by Gasteiger charge is -2.38. The number of hydrogen-bond acceptors (Lipinski definition) is 6. The molecule has 140 valence electrons. The van der Waals surface area contributed by atoms with Crippen LogP contribution in [0.4, 0.5) is 0 Å². The summed E-state index contributed by atoms with van der Waals surface area (Å²) in [6.07, 6.45) is 0. The van der Waals surface area contributed by atoms with Crippen molar-refractivity contribution in [2.24, 2.45) is 0 Å². The lowest BCUT2D eigenvalue weighted by molar-refractivity contribution is -0.137. The van der Waals surface area contributed by atoms with Crippen LogP contribution >= 0.6 is 11.3 Å². The number of nitrogens with zero attached hydrogens (tertiary/aromatic N) is 4. The second-order valence-corrected chi connectivity index (χ2v) is 8.06. The van der Waals surface area contributed by atoms with Crippen LogP contribution in [0.1, 0.15) is 18.0 Å². The molecular weight excluding hydrogens is 348 g/mol. The Morgan fingerprint density at radius 3 is 2.62 bits per heavy atom. The number of para-hydroxylation sites is 1. The molecule has 1 aromatic heterocycles. The fourth-order valence-electron chi connectivity index (χ4n) is 3.64. The molecule has 0 bridgehead atoms. The highest BCUT2D eigenvalue weighted by Gasteiger charge is 2.26. The standard InChI is InChI=1S/C19H26N4O2S/c1-15(19-20-16-4-2-3-5-17(16)26-19)22-8-6-21(7-9-22)14-18(24)23-10-12-25-13-11-23/h2-5,15H,6-14H2,1H3/t15-/m1/s1. The molecule has 1 amide bonds. The number of thiazole rings is 1. The Morgan fingerprint density at radius 1 is 1.15 bits per heavy atom. The Bertz CT molecular complexity index is 718. The third-order valence-electron chi connectivity index (χ3n) is 5.35. The van der Waals surface area contributed by atoms with Gasteiger partial charge in [0.25, 0.3) is 0 Å². The van der Waals surface area contributed by atoms with E-state index in [4.69, 9.17) is 9.72 Å². The monoisotopic (exact) mass is 374 g/mol. The van der Waals surface area contributed by atoms with Crippen LogP contribution in [0.3, 0.4) is 0 Å². The molecule has 0 unspecified atom stereocenters. The maximum atomic E-state index is 12.4. The minimum absolute atomic E-state index is 0.237. The predicted molar refractivity (Wildman–Crippen MR) is 103 cm³/mol. The molecule has 1 atom stereocenters. The van der Waals surface area contributed by atoms with Crippen molar-refractivity contribution < 1.29 is 9.53 Å². The van der Waals surface area contributed by atoms with Crippen LogP contribution in [0.15, 0.2) is 24.3 Å². The van der Waals surface area contributed by atoms with Crippen LogP contribution in [0.25, 0.3) is 10.2 Å². The third kappa shape index (κ3) is 3.91. The SMILES string of the molecule is C[C@H](c1nc2ccccc2s1)N1CCN(CC(=O)N2CCOCC2)CC1. The molecule has 2 aliphatic rings. The van der Waals surface area contributed by atoms with Crippen LogP contribution < -0.4 is 0 Å². The lowest BCUT2D eigenvalue weighted by Crippen LogP contribution is -2.51. The third-order valence-corrected chi connectivity index (χ3v) is 6.55. The first-order chi connectivity index (χ1) is 12.7. The molecule has 2 fully saturated rings. The largest absolute Gasteiger partial charge is 0.378 e. The number of amides is 1. The molecule has 0 spiro atoms. The number of hydrogen-bond donors (Lipinski definition) is 0. The van der Waals surface area contributed by atoms with Gasteiger partial charge in [-0.15, -0.1) is 11.3 Å². The molecule has 3 heterocycles. The topological polar surface area (TPSA) is 48.9 Å². The van der Waals surface area contributed by atoms with Crippen molar-refractivity contribution in [1.29, 1.82) is 0 Å². The molecule has 0 aliphatic carbocycles. The zero-order chi connectivity index (χ0) is 17.9. The first-order valence-electron chi connectivity index (χ1n) is 9.38. The highest BCUT2D eigenvalue weighted by molar-refractivity contribution is 7.18. The highest BCUT2D eigenvalue weighted by atomic mass is 32.1. The average Bonchev–Trinajstić information content (AvgIpc) is 3.13. The first-order valence-corrected chi connectivity index (χ1v) is 10.2. The summed E-state index contributed by atoms with van der Waals surface area (Å²) in [5.74, 6) is 0.237. The van der Waals surface area contributed by atoms with Crippen LogP contribution in [0.2, 0.25) is 0 Å². The van der Waals surface area contributed by atoms with Gasteiger partial charge in [-0.25, -0.2) is 4.98 Å². The predicted octanol–water partition coefficient (Wildman–Crippen LogP) is 1.83. The lowest BCUT2D eigenvalue weighted by atomic mass is 10.2. The van der Waals surface area contributed by atoms with E-state index in [1.807, 2.05) is 11.0 Å². The smallest absolute Gasteiger partial charge is 0.236 e. The van der Waals surface area contributed by atoms with Crippen molar-refractivity contribution in [3.63, 3.8) is 0 Å². The number of ether oxygens (including phenoxy) is 1. The molecule has 0 saturated carbocycles. The number of morpholine rings is 1. The average molecular weight is 375 g/mol. The summed E-state index contributed by atoms with van der Waals surface area (Å²) >= 11 is 1.79. The molecule has 7 heteroatoms. The quantitative estimate of drug-likeness (QED) is 0.817. The summed E-state index contributed by atoms with van der Waals surface area (Å²) in [6.45, 7) is 9.40. The van der Waals surface area contributed by atoms with E-state index in [0.717, 1.165) is 44.8 Å². The summed E-state index contributed by atoms with van der Waals surface area (Å²) in [6, 6.07) is 8.65. The van der Waals surface area contributed by atoms with Gasteiger partial charge in [0, 0.05) is 39.3 Å². The van der Waals surface area contributed by atoms with Crippen molar-refractivity contribution in [1.82, 2.24) is 19.7 Å². The zero-order valence-electron chi connectivity index (χ0n) is 15.3. The minimum Gasteiger partial charge on any atom is -0.378 e. The second kappa shape index (κ2) is 8.00. The van der Waals surface area contributed by atoms with Gasteiger partial charge in [-0.3, -0.25) is 14.6 Å². The first kappa shape index (κ1) is 17.9. The van der Waals surface area contributed by atoms with E-state index in [1.165, 1.54) is 9.71 Å². The number of carbonyl (C=O) groups is 1. The summed E-state index contributed by atoms with van der Waals surface area (Å²) in [7, 11) is 0.